The number of carbonyl (C=O) groups excluding carboxylic acids is 1. The number of aryl methyl sites for hydroxylation is 1. The zero-order valence-electron chi connectivity index (χ0n) is 15.6. The quantitative estimate of drug-likeness (QED) is 0.739. The highest BCUT2D eigenvalue weighted by Crippen LogP contribution is 2.19. The van der Waals surface area contributed by atoms with Crippen molar-refractivity contribution < 1.29 is 4.79 Å². The Labute approximate surface area is 173 Å². The van der Waals surface area contributed by atoms with Crippen LogP contribution < -0.4 is 16.0 Å². The number of nitrogens with one attached hydrogen (secondary N) is 1. The van der Waals surface area contributed by atoms with E-state index in [2.05, 4.69) is 39.4 Å². The summed E-state index contributed by atoms with van der Waals surface area (Å²) in [5.74, 6) is 0.0409. The molecule has 0 spiro atoms. The number of anilines is 3. The zero-order valence-corrected chi connectivity index (χ0v) is 17.2. The Morgan fingerprint density at radius 1 is 1.04 bits per heavy atom. The van der Waals surface area contributed by atoms with E-state index in [0.717, 1.165) is 44.0 Å². The van der Waals surface area contributed by atoms with Crippen LogP contribution in [0.4, 0.5) is 17.1 Å². The molecule has 27 heavy (non-hydrogen) atoms. The first-order valence-corrected chi connectivity index (χ1v) is 8.80. The van der Waals surface area contributed by atoms with Crippen molar-refractivity contribution in [2.24, 2.45) is 0 Å². The minimum Gasteiger partial charge on any atom is -0.399 e. The molecule has 2 aromatic carbocycles. The van der Waals surface area contributed by atoms with E-state index in [0.29, 0.717) is 12.1 Å². The maximum Gasteiger partial charge on any atom is 0.225 e. The Bertz CT molecular complexity index is 719. The van der Waals surface area contributed by atoms with E-state index in [9.17, 15) is 4.79 Å². The number of carbonyl (C=O) groups is 1. The van der Waals surface area contributed by atoms with Crippen molar-refractivity contribution in [2.45, 2.75) is 13.3 Å². The minimum absolute atomic E-state index is 0. The summed E-state index contributed by atoms with van der Waals surface area (Å²) in [7, 11) is 0. The summed E-state index contributed by atoms with van der Waals surface area (Å²) in [4.78, 5) is 17.0. The molecule has 0 atom stereocenters. The molecule has 3 rings (SSSR count). The highest BCUT2D eigenvalue weighted by atomic mass is 35.5. The Balaban J connectivity index is 0.00000182. The van der Waals surface area contributed by atoms with Crippen LogP contribution >= 0.6 is 24.8 Å². The summed E-state index contributed by atoms with van der Waals surface area (Å²) in [6, 6.07) is 16.1. The zero-order chi connectivity index (χ0) is 17.6. The van der Waals surface area contributed by atoms with Gasteiger partial charge in [0.15, 0.2) is 0 Å². The van der Waals surface area contributed by atoms with Gasteiger partial charge in [0.05, 0.1) is 0 Å². The topological polar surface area (TPSA) is 61.6 Å². The molecule has 0 bridgehead atoms. The van der Waals surface area contributed by atoms with Crippen LogP contribution in [-0.2, 0) is 4.79 Å². The Kier molecular flexibility index (Phi) is 9.43. The van der Waals surface area contributed by atoms with Gasteiger partial charge in [-0.15, -0.1) is 24.8 Å². The number of rotatable bonds is 5. The number of nitrogens with two attached hydrogens (primary N) is 1. The lowest BCUT2D eigenvalue weighted by Crippen LogP contribution is -2.47. The summed E-state index contributed by atoms with van der Waals surface area (Å²) in [5.41, 5.74) is 9.56. The third kappa shape index (κ3) is 6.61. The minimum atomic E-state index is 0. The maximum absolute atomic E-state index is 12.2. The van der Waals surface area contributed by atoms with E-state index in [1.165, 1.54) is 5.69 Å². The normalized spacial score (nSPS) is 14.0. The average Bonchev–Trinajstić information content (AvgIpc) is 2.64. The fourth-order valence-corrected chi connectivity index (χ4v) is 3.12. The monoisotopic (exact) mass is 410 g/mol. The fraction of sp³-hybridized carbons (Fsp3) is 0.350. The van der Waals surface area contributed by atoms with Crippen LogP contribution in [-0.4, -0.2) is 43.5 Å². The van der Waals surface area contributed by atoms with E-state index in [4.69, 9.17) is 5.73 Å². The molecule has 1 amide bonds. The molecule has 0 aromatic heterocycles. The number of amides is 1. The van der Waals surface area contributed by atoms with Crippen molar-refractivity contribution in [3.63, 3.8) is 0 Å². The molecule has 148 valence electrons. The van der Waals surface area contributed by atoms with E-state index >= 15 is 0 Å². The van der Waals surface area contributed by atoms with Crippen molar-refractivity contribution in [1.82, 2.24) is 4.90 Å². The van der Waals surface area contributed by atoms with Crippen LogP contribution in [0.25, 0.3) is 0 Å². The number of hydrogen-bond donors (Lipinski definition) is 2. The molecule has 0 aliphatic carbocycles. The number of nitrogen functional groups attached to an aromatic ring is 1. The molecule has 1 aliphatic heterocycles. The molecule has 1 fully saturated rings. The molecule has 3 N–H and O–H groups in total. The smallest absolute Gasteiger partial charge is 0.225 e. The third-order valence-corrected chi connectivity index (χ3v) is 4.68. The number of halogens is 2. The van der Waals surface area contributed by atoms with Gasteiger partial charge in [0.25, 0.3) is 0 Å². The molecule has 1 aliphatic rings. The van der Waals surface area contributed by atoms with Gasteiger partial charge in [-0.1, -0.05) is 24.3 Å². The second-order valence-electron chi connectivity index (χ2n) is 6.54. The maximum atomic E-state index is 12.2. The third-order valence-electron chi connectivity index (χ3n) is 4.68. The highest BCUT2D eigenvalue weighted by molar-refractivity contribution is 5.92. The van der Waals surface area contributed by atoms with Crippen LogP contribution in [0.15, 0.2) is 48.5 Å². The molecule has 0 unspecified atom stereocenters. The van der Waals surface area contributed by atoms with Crippen molar-refractivity contribution in [3.05, 3.63) is 54.1 Å². The molecule has 0 radical (unpaired) electrons. The number of hydrogen-bond acceptors (Lipinski definition) is 4. The molecule has 1 saturated heterocycles. The molecular weight excluding hydrogens is 383 g/mol. The van der Waals surface area contributed by atoms with Crippen molar-refractivity contribution in [3.8, 4) is 0 Å². The summed E-state index contributed by atoms with van der Waals surface area (Å²) >= 11 is 0. The lowest BCUT2D eigenvalue weighted by molar-refractivity contribution is -0.116. The van der Waals surface area contributed by atoms with Crippen molar-refractivity contribution >= 4 is 47.8 Å². The summed E-state index contributed by atoms with van der Waals surface area (Å²) in [6.45, 7) is 6.73. The lowest BCUT2D eigenvalue weighted by Gasteiger charge is -2.36. The highest BCUT2D eigenvalue weighted by Gasteiger charge is 2.17. The van der Waals surface area contributed by atoms with Crippen molar-refractivity contribution in [1.29, 1.82) is 0 Å². The van der Waals surface area contributed by atoms with Gasteiger partial charge < -0.3 is 16.0 Å². The Morgan fingerprint density at radius 3 is 2.37 bits per heavy atom. The van der Waals surface area contributed by atoms with Gasteiger partial charge in [-0.05, 0) is 36.8 Å². The van der Waals surface area contributed by atoms with Gasteiger partial charge in [-0.25, -0.2) is 0 Å². The second-order valence-corrected chi connectivity index (χ2v) is 6.54. The molecule has 7 heteroatoms. The summed E-state index contributed by atoms with van der Waals surface area (Å²) < 4.78 is 0. The molecule has 1 heterocycles. The SMILES string of the molecule is Cc1ccc(N)cc1NC(=O)CCN1CCN(c2ccccc2)CC1.Cl.Cl. The van der Waals surface area contributed by atoms with Gasteiger partial charge in [-0.3, -0.25) is 9.69 Å². The predicted octanol–water partition coefficient (Wildman–Crippen LogP) is 3.57. The van der Waals surface area contributed by atoms with Crippen LogP contribution in [0.3, 0.4) is 0 Å². The predicted molar refractivity (Wildman–Crippen MR) is 118 cm³/mol. The number of nitrogens with zero attached hydrogens (tertiary/aromatic N) is 2. The molecule has 0 saturated carbocycles. The average molecular weight is 411 g/mol. The lowest BCUT2D eigenvalue weighted by atomic mass is 10.1. The Morgan fingerprint density at radius 2 is 1.70 bits per heavy atom. The van der Waals surface area contributed by atoms with E-state index < -0.39 is 0 Å². The largest absolute Gasteiger partial charge is 0.399 e. The number of benzene rings is 2. The van der Waals surface area contributed by atoms with Gasteiger partial charge in [0.2, 0.25) is 5.91 Å². The Hall–Kier alpha value is -1.95. The van der Waals surface area contributed by atoms with Gasteiger partial charge in [0.1, 0.15) is 0 Å². The molecule has 2 aromatic rings. The van der Waals surface area contributed by atoms with E-state index in [-0.39, 0.29) is 30.7 Å². The second kappa shape index (κ2) is 11.0. The molecular formula is C20H28Cl2N4O. The van der Waals surface area contributed by atoms with Gasteiger partial charge >= 0.3 is 0 Å². The van der Waals surface area contributed by atoms with E-state index in [1.54, 1.807) is 0 Å². The summed E-state index contributed by atoms with van der Waals surface area (Å²) in [6.07, 6.45) is 0.500. The number of piperazine rings is 1. The molecule has 5 nitrogen and oxygen atoms in total. The van der Waals surface area contributed by atoms with Crippen LogP contribution in [0.2, 0.25) is 0 Å². The van der Waals surface area contributed by atoms with Crippen LogP contribution in [0, 0.1) is 6.92 Å². The first-order valence-electron chi connectivity index (χ1n) is 8.80. The first-order chi connectivity index (χ1) is 12.1. The van der Waals surface area contributed by atoms with Gasteiger partial charge in [0, 0.05) is 56.2 Å². The standard InChI is InChI=1S/C20H26N4O.2ClH/c1-16-7-8-17(21)15-19(16)22-20(25)9-10-23-11-13-24(14-12-23)18-5-3-2-4-6-18;;/h2-8,15H,9-14,21H2,1H3,(H,22,25);2*1H. The van der Waals surface area contributed by atoms with Crippen molar-refractivity contribution in [2.75, 3.05) is 48.7 Å². The van der Waals surface area contributed by atoms with E-state index in [1.807, 2.05) is 31.2 Å². The first kappa shape index (κ1) is 23.1. The number of para-hydroxylation sites is 1. The van der Waals surface area contributed by atoms with Crippen LogP contribution in [0.1, 0.15) is 12.0 Å². The van der Waals surface area contributed by atoms with Crippen LogP contribution in [0.5, 0.6) is 0 Å². The summed E-state index contributed by atoms with van der Waals surface area (Å²) in [5, 5.41) is 2.97. The fourth-order valence-electron chi connectivity index (χ4n) is 3.12. The van der Waals surface area contributed by atoms with Gasteiger partial charge in [-0.2, -0.15) is 0 Å².